The monoisotopic (exact) mass is 387 g/mol. The van der Waals surface area contributed by atoms with Gasteiger partial charge in [0.15, 0.2) is 10.9 Å². The maximum absolute atomic E-state index is 12.4. The van der Waals surface area contributed by atoms with Gasteiger partial charge in [-0.15, -0.1) is 0 Å². The number of thiocarbonyl (C=S) groups is 1. The number of furan rings is 1. The van der Waals surface area contributed by atoms with Crippen molar-refractivity contribution < 1.29 is 9.21 Å². The smallest absolute Gasteiger partial charge is 0.305 e. The highest BCUT2D eigenvalue weighted by molar-refractivity contribution is 7.80. The summed E-state index contributed by atoms with van der Waals surface area (Å²) in [5.74, 6) is -0.166. The summed E-state index contributed by atoms with van der Waals surface area (Å²) >= 11 is 11.5. The average molecular weight is 388 g/mol. The Balaban J connectivity index is 1.67. The molecule has 0 spiro atoms. The Morgan fingerprint density at radius 2 is 1.85 bits per heavy atom. The van der Waals surface area contributed by atoms with E-state index in [0.717, 1.165) is 22.1 Å². The first-order valence-corrected chi connectivity index (χ1v) is 8.77. The van der Waals surface area contributed by atoms with E-state index in [9.17, 15) is 4.79 Å². The number of halogens is 1. The fourth-order valence-electron chi connectivity index (χ4n) is 2.78. The van der Waals surface area contributed by atoms with Crippen LogP contribution in [0.2, 0.25) is 5.02 Å². The Kier molecular flexibility index (Phi) is 5.15. The molecule has 5 nitrogen and oxygen atoms in total. The number of hydrazine groups is 1. The van der Waals surface area contributed by atoms with Crippen LogP contribution < -0.4 is 16.2 Å². The normalized spacial score (nSPS) is 10.6. The van der Waals surface area contributed by atoms with Crippen LogP contribution in [0.25, 0.3) is 11.0 Å². The Morgan fingerprint density at radius 1 is 1.12 bits per heavy atom. The topological polar surface area (TPSA) is 66.3 Å². The van der Waals surface area contributed by atoms with Gasteiger partial charge in [-0.1, -0.05) is 35.9 Å². The molecular weight excluding hydrogens is 370 g/mol. The second kappa shape index (κ2) is 7.35. The molecule has 0 radical (unpaired) electrons. The number of amides is 1. The van der Waals surface area contributed by atoms with E-state index in [0.29, 0.717) is 16.3 Å². The van der Waals surface area contributed by atoms with E-state index in [4.69, 9.17) is 28.2 Å². The van der Waals surface area contributed by atoms with Crippen LogP contribution in [0.3, 0.4) is 0 Å². The van der Waals surface area contributed by atoms with Crippen molar-refractivity contribution in [1.82, 2.24) is 10.9 Å². The van der Waals surface area contributed by atoms with E-state index >= 15 is 0 Å². The molecule has 0 aliphatic rings. The number of nitrogens with one attached hydrogen (secondary N) is 3. The molecule has 0 fully saturated rings. The molecule has 3 aromatic rings. The summed E-state index contributed by atoms with van der Waals surface area (Å²) in [5.41, 5.74) is 9.37. The molecule has 3 N–H and O–H groups in total. The van der Waals surface area contributed by atoms with Crippen LogP contribution in [0.4, 0.5) is 5.69 Å². The fraction of sp³-hybridized carbons (Fsp3) is 0.158. The third kappa shape index (κ3) is 3.66. The van der Waals surface area contributed by atoms with Crippen LogP contribution in [0, 0.1) is 20.8 Å². The Morgan fingerprint density at radius 3 is 2.54 bits per heavy atom. The minimum absolute atomic E-state index is 0.223. The summed E-state index contributed by atoms with van der Waals surface area (Å²) in [6.45, 7) is 5.74. The minimum atomic E-state index is -0.408. The second-order valence-electron chi connectivity index (χ2n) is 6.02. The standard InChI is InChI=1S/C19H18ClN3O2S/c1-10-8-11(2)16(14(20)9-10)21-19(26)23-22-18(24)17-12(3)13-6-4-5-7-15(13)25-17/h4-9H,1-3H3,(H,22,24)(H2,21,23,26). The Bertz CT molecular complexity index is 990. The number of aryl methyl sites for hydroxylation is 3. The van der Waals surface area contributed by atoms with Gasteiger partial charge < -0.3 is 9.73 Å². The van der Waals surface area contributed by atoms with E-state index in [-0.39, 0.29) is 10.9 Å². The number of fused-ring (bicyclic) bond motifs is 1. The van der Waals surface area contributed by atoms with Crippen LogP contribution in [-0.2, 0) is 0 Å². The maximum atomic E-state index is 12.4. The minimum Gasteiger partial charge on any atom is -0.451 e. The molecule has 1 amide bonds. The molecule has 2 aromatic carbocycles. The zero-order valence-electron chi connectivity index (χ0n) is 14.6. The van der Waals surface area contributed by atoms with Crippen LogP contribution >= 0.6 is 23.8 Å². The summed E-state index contributed by atoms with van der Waals surface area (Å²) in [5, 5.41) is 4.68. The highest BCUT2D eigenvalue weighted by Crippen LogP contribution is 2.27. The molecule has 0 bridgehead atoms. The highest BCUT2D eigenvalue weighted by Gasteiger charge is 2.17. The van der Waals surface area contributed by atoms with Gasteiger partial charge in [-0.25, -0.2) is 0 Å². The molecule has 0 saturated carbocycles. The zero-order chi connectivity index (χ0) is 18.8. The number of hydrogen-bond donors (Lipinski definition) is 3. The van der Waals surface area contributed by atoms with E-state index in [1.165, 1.54) is 0 Å². The van der Waals surface area contributed by atoms with Gasteiger partial charge in [-0.05, 0) is 56.2 Å². The van der Waals surface area contributed by atoms with Gasteiger partial charge in [-0.3, -0.25) is 15.6 Å². The lowest BCUT2D eigenvalue weighted by Crippen LogP contribution is -2.44. The van der Waals surface area contributed by atoms with Crippen molar-refractivity contribution in [1.29, 1.82) is 0 Å². The summed E-state index contributed by atoms with van der Waals surface area (Å²) in [6.07, 6.45) is 0. The van der Waals surface area contributed by atoms with Crippen LogP contribution in [0.15, 0.2) is 40.8 Å². The molecule has 0 aliphatic carbocycles. The van der Waals surface area contributed by atoms with Crippen molar-refractivity contribution in [2.24, 2.45) is 0 Å². The van der Waals surface area contributed by atoms with Crippen molar-refractivity contribution in [3.05, 3.63) is 63.9 Å². The lowest BCUT2D eigenvalue weighted by molar-refractivity contribution is 0.0917. The van der Waals surface area contributed by atoms with Gasteiger partial charge in [0.2, 0.25) is 0 Å². The van der Waals surface area contributed by atoms with Crippen LogP contribution in [0.5, 0.6) is 0 Å². The predicted molar refractivity (Wildman–Crippen MR) is 109 cm³/mol. The van der Waals surface area contributed by atoms with E-state index in [2.05, 4.69) is 16.2 Å². The van der Waals surface area contributed by atoms with Crippen molar-refractivity contribution in [2.45, 2.75) is 20.8 Å². The van der Waals surface area contributed by atoms with Crippen LogP contribution in [-0.4, -0.2) is 11.0 Å². The van der Waals surface area contributed by atoms with E-state index < -0.39 is 5.91 Å². The predicted octanol–water partition coefficient (Wildman–Crippen LogP) is 4.64. The highest BCUT2D eigenvalue weighted by atomic mass is 35.5. The van der Waals surface area contributed by atoms with Gasteiger partial charge in [0, 0.05) is 10.9 Å². The van der Waals surface area contributed by atoms with Gasteiger partial charge in [-0.2, -0.15) is 0 Å². The van der Waals surface area contributed by atoms with E-state index in [1.807, 2.05) is 57.2 Å². The first kappa shape index (κ1) is 18.2. The van der Waals surface area contributed by atoms with Crippen molar-refractivity contribution >= 4 is 51.5 Å². The molecule has 0 atom stereocenters. The SMILES string of the molecule is Cc1cc(C)c(NC(=S)NNC(=O)c2oc3ccccc3c2C)c(Cl)c1. The molecule has 1 heterocycles. The molecule has 0 unspecified atom stereocenters. The third-order valence-corrected chi connectivity index (χ3v) is 4.51. The summed E-state index contributed by atoms with van der Waals surface area (Å²) in [4.78, 5) is 12.4. The Labute approximate surface area is 161 Å². The molecule has 134 valence electrons. The number of para-hydroxylation sites is 1. The van der Waals surface area contributed by atoms with Crippen molar-refractivity contribution in [3.63, 3.8) is 0 Å². The summed E-state index contributed by atoms with van der Waals surface area (Å²) in [7, 11) is 0. The Hall–Kier alpha value is -2.57. The van der Waals surface area contributed by atoms with Crippen molar-refractivity contribution in [3.8, 4) is 0 Å². The number of hydrogen-bond acceptors (Lipinski definition) is 3. The number of carbonyl (C=O) groups is 1. The first-order valence-electron chi connectivity index (χ1n) is 7.99. The van der Waals surface area contributed by atoms with Crippen LogP contribution in [0.1, 0.15) is 27.2 Å². The van der Waals surface area contributed by atoms with Crippen molar-refractivity contribution in [2.75, 3.05) is 5.32 Å². The lowest BCUT2D eigenvalue weighted by Gasteiger charge is -2.15. The fourth-order valence-corrected chi connectivity index (χ4v) is 3.30. The van der Waals surface area contributed by atoms with Gasteiger partial charge >= 0.3 is 5.91 Å². The molecular formula is C19H18ClN3O2S. The largest absolute Gasteiger partial charge is 0.451 e. The number of carbonyl (C=O) groups excluding carboxylic acids is 1. The number of benzene rings is 2. The summed E-state index contributed by atoms with van der Waals surface area (Å²) in [6, 6.07) is 11.3. The first-order chi connectivity index (χ1) is 12.4. The molecule has 26 heavy (non-hydrogen) atoms. The van der Waals surface area contributed by atoms with Gasteiger partial charge in [0.25, 0.3) is 0 Å². The number of anilines is 1. The maximum Gasteiger partial charge on any atom is 0.305 e. The average Bonchev–Trinajstić information content (AvgIpc) is 2.93. The molecule has 1 aromatic heterocycles. The number of rotatable bonds is 2. The lowest BCUT2D eigenvalue weighted by atomic mass is 10.1. The summed E-state index contributed by atoms with van der Waals surface area (Å²) < 4.78 is 5.63. The van der Waals surface area contributed by atoms with Gasteiger partial charge in [0.1, 0.15) is 5.58 Å². The second-order valence-corrected chi connectivity index (χ2v) is 6.84. The van der Waals surface area contributed by atoms with E-state index in [1.54, 1.807) is 0 Å². The van der Waals surface area contributed by atoms with Gasteiger partial charge in [0.05, 0.1) is 10.7 Å². The third-order valence-electron chi connectivity index (χ3n) is 4.01. The quantitative estimate of drug-likeness (QED) is 0.441. The molecule has 0 saturated heterocycles. The zero-order valence-corrected chi connectivity index (χ0v) is 16.1. The molecule has 7 heteroatoms. The molecule has 0 aliphatic heterocycles. The molecule has 3 rings (SSSR count).